The molecule has 0 bridgehead atoms. The Labute approximate surface area is 88.5 Å². The Balaban J connectivity index is 2.71. The molecule has 0 aliphatic heterocycles. The molecule has 0 aliphatic carbocycles. The van der Waals surface area contributed by atoms with Crippen molar-refractivity contribution in [3.05, 3.63) is 42.1 Å². The maximum atomic E-state index is 9.69. The molecule has 15 heavy (non-hydrogen) atoms. The summed E-state index contributed by atoms with van der Waals surface area (Å²) < 4.78 is 6.95. The van der Waals surface area contributed by atoms with Gasteiger partial charge in [-0.05, 0) is 6.07 Å². The predicted octanol–water partition coefficient (Wildman–Crippen LogP) is 1.30. The number of ether oxygens (including phenoxy) is 1. The van der Waals surface area contributed by atoms with Gasteiger partial charge in [-0.3, -0.25) is 0 Å². The van der Waals surface area contributed by atoms with Crippen LogP contribution in [0.1, 0.15) is 11.9 Å². The van der Waals surface area contributed by atoms with Gasteiger partial charge in [0.25, 0.3) is 0 Å². The van der Waals surface area contributed by atoms with E-state index in [1.165, 1.54) is 7.11 Å². The van der Waals surface area contributed by atoms with E-state index in [-0.39, 0.29) is 0 Å². The number of aliphatic hydroxyl groups is 1. The number of pyridine rings is 1. The van der Waals surface area contributed by atoms with Crippen LogP contribution in [-0.2, 0) is 11.8 Å². The van der Waals surface area contributed by atoms with Gasteiger partial charge < -0.3 is 9.84 Å². The average molecular weight is 204 g/mol. The van der Waals surface area contributed by atoms with Crippen molar-refractivity contribution in [2.45, 2.75) is 6.29 Å². The number of aryl methyl sites for hydroxylation is 1. The third-order valence-corrected chi connectivity index (χ3v) is 2.56. The third kappa shape index (κ3) is 1.71. The number of aromatic nitrogens is 1. The summed E-state index contributed by atoms with van der Waals surface area (Å²) in [5.74, 6) is 0. The number of fused-ring (bicyclic) bond motifs is 1. The van der Waals surface area contributed by atoms with Gasteiger partial charge >= 0.3 is 0 Å². The molecule has 2 rings (SSSR count). The predicted molar refractivity (Wildman–Crippen MR) is 57.1 cm³/mol. The Morgan fingerprint density at radius 1 is 1.27 bits per heavy atom. The molecule has 0 aliphatic rings. The highest BCUT2D eigenvalue weighted by Gasteiger charge is 2.14. The van der Waals surface area contributed by atoms with E-state index >= 15 is 0 Å². The van der Waals surface area contributed by atoms with Crippen LogP contribution in [0.5, 0.6) is 0 Å². The number of para-hydroxylation sites is 1. The highest BCUT2D eigenvalue weighted by atomic mass is 16.6. The smallest absolute Gasteiger partial charge is 0.212 e. The van der Waals surface area contributed by atoms with Crippen molar-refractivity contribution < 1.29 is 14.4 Å². The first kappa shape index (κ1) is 10.1. The van der Waals surface area contributed by atoms with Gasteiger partial charge in [0.2, 0.25) is 5.52 Å². The fourth-order valence-electron chi connectivity index (χ4n) is 1.73. The quantitative estimate of drug-likeness (QED) is 0.591. The molecule has 1 aromatic heterocycles. The number of nitrogens with zero attached hydrogens (tertiary/aromatic N) is 1. The Kier molecular flexibility index (Phi) is 2.66. The summed E-state index contributed by atoms with van der Waals surface area (Å²) in [6, 6.07) is 9.80. The van der Waals surface area contributed by atoms with Crippen molar-refractivity contribution in [3.63, 3.8) is 0 Å². The highest BCUT2D eigenvalue weighted by molar-refractivity contribution is 5.79. The number of hydrogen-bond donors (Lipinski definition) is 1. The van der Waals surface area contributed by atoms with Crippen LogP contribution in [0.3, 0.4) is 0 Å². The van der Waals surface area contributed by atoms with E-state index in [9.17, 15) is 5.11 Å². The van der Waals surface area contributed by atoms with Crippen LogP contribution in [0.25, 0.3) is 10.9 Å². The van der Waals surface area contributed by atoms with Crippen LogP contribution >= 0.6 is 0 Å². The first-order chi connectivity index (χ1) is 7.24. The number of aliphatic hydroxyl groups excluding tert-OH is 1. The van der Waals surface area contributed by atoms with Crippen molar-refractivity contribution in [2.24, 2.45) is 7.05 Å². The number of methoxy groups -OCH3 is 1. The first-order valence-electron chi connectivity index (χ1n) is 4.82. The normalized spacial score (nSPS) is 13.0. The van der Waals surface area contributed by atoms with Crippen molar-refractivity contribution in [3.8, 4) is 0 Å². The largest absolute Gasteiger partial charge is 0.364 e. The number of rotatable bonds is 2. The molecule has 3 heteroatoms. The van der Waals surface area contributed by atoms with E-state index in [4.69, 9.17) is 4.74 Å². The molecule has 0 fully saturated rings. The van der Waals surface area contributed by atoms with Gasteiger partial charge in [-0.25, -0.2) is 4.57 Å². The highest BCUT2D eigenvalue weighted by Crippen LogP contribution is 2.21. The lowest BCUT2D eigenvalue weighted by Crippen LogP contribution is -2.28. The zero-order chi connectivity index (χ0) is 10.8. The molecule has 3 nitrogen and oxygen atoms in total. The first-order valence-corrected chi connectivity index (χ1v) is 4.82. The Morgan fingerprint density at radius 2 is 2.00 bits per heavy atom. The van der Waals surface area contributed by atoms with Gasteiger partial charge in [0.05, 0.1) is 5.39 Å². The zero-order valence-electron chi connectivity index (χ0n) is 8.84. The van der Waals surface area contributed by atoms with Crippen LogP contribution < -0.4 is 4.57 Å². The minimum Gasteiger partial charge on any atom is -0.364 e. The molecule has 0 unspecified atom stereocenters. The lowest BCUT2D eigenvalue weighted by Gasteiger charge is -2.10. The Hall–Kier alpha value is -1.45. The van der Waals surface area contributed by atoms with Gasteiger partial charge in [-0.15, -0.1) is 0 Å². The summed E-state index contributed by atoms with van der Waals surface area (Å²) in [5.41, 5.74) is 1.87. The van der Waals surface area contributed by atoms with Gasteiger partial charge in [0.1, 0.15) is 7.05 Å². The van der Waals surface area contributed by atoms with Crippen LogP contribution in [0, 0.1) is 0 Å². The second-order valence-electron chi connectivity index (χ2n) is 3.49. The molecule has 78 valence electrons. The van der Waals surface area contributed by atoms with Crippen molar-refractivity contribution in [1.29, 1.82) is 0 Å². The number of benzene rings is 1. The molecule has 0 saturated heterocycles. The van der Waals surface area contributed by atoms with Crippen LogP contribution in [-0.4, -0.2) is 12.2 Å². The van der Waals surface area contributed by atoms with Gasteiger partial charge in [-0.2, -0.15) is 0 Å². The molecule has 0 radical (unpaired) electrons. The van der Waals surface area contributed by atoms with Crippen molar-refractivity contribution in [2.75, 3.05) is 7.11 Å². The monoisotopic (exact) mass is 204 g/mol. The molecule has 0 spiro atoms. The Morgan fingerprint density at radius 3 is 2.73 bits per heavy atom. The number of hydrogen-bond acceptors (Lipinski definition) is 2. The maximum absolute atomic E-state index is 9.69. The van der Waals surface area contributed by atoms with E-state index in [1.807, 2.05) is 48.1 Å². The van der Waals surface area contributed by atoms with Gasteiger partial charge in [0.15, 0.2) is 12.5 Å². The summed E-state index contributed by atoms with van der Waals surface area (Å²) in [7, 11) is 3.47. The lowest BCUT2D eigenvalue weighted by molar-refractivity contribution is -0.645. The fourth-order valence-corrected chi connectivity index (χ4v) is 1.73. The minimum absolute atomic E-state index is 0.797. The SMILES string of the molecule is CO[C@H](O)c1cc[n+](C)c2ccccc12. The second kappa shape index (κ2) is 3.96. The molecule has 1 N–H and O–H groups in total. The topological polar surface area (TPSA) is 33.3 Å². The summed E-state index contributed by atoms with van der Waals surface area (Å²) in [4.78, 5) is 0. The molecular formula is C12H14NO2+. The molecule has 0 amide bonds. The van der Waals surface area contributed by atoms with Crippen molar-refractivity contribution in [1.82, 2.24) is 0 Å². The van der Waals surface area contributed by atoms with E-state index in [0.29, 0.717) is 0 Å². The van der Waals surface area contributed by atoms with E-state index < -0.39 is 6.29 Å². The molecule has 2 aromatic rings. The minimum atomic E-state index is -0.865. The summed E-state index contributed by atoms with van der Waals surface area (Å²) in [5, 5.41) is 10.7. The molecule has 1 heterocycles. The van der Waals surface area contributed by atoms with Gasteiger partial charge in [-0.1, -0.05) is 12.1 Å². The van der Waals surface area contributed by atoms with Crippen molar-refractivity contribution >= 4 is 10.9 Å². The fraction of sp³-hybridized carbons (Fsp3) is 0.250. The summed E-state index contributed by atoms with van der Waals surface area (Å²) in [6.07, 6.45) is 1.05. The summed E-state index contributed by atoms with van der Waals surface area (Å²) >= 11 is 0. The van der Waals surface area contributed by atoms with Crippen LogP contribution in [0.15, 0.2) is 36.5 Å². The van der Waals surface area contributed by atoms with Crippen LogP contribution in [0.4, 0.5) is 0 Å². The average Bonchev–Trinajstić information content (AvgIpc) is 2.29. The van der Waals surface area contributed by atoms with Gasteiger partial charge in [0, 0.05) is 24.8 Å². The van der Waals surface area contributed by atoms with Crippen LogP contribution in [0.2, 0.25) is 0 Å². The molecule has 0 saturated carbocycles. The van der Waals surface area contributed by atoms with E-state index in [1.54, 1.807) is 0 Å². The molecular weight excluding hydrogens is 190 g/mol. The third-order valence-electron chi connectivity index (χ3n) is 2.56. The van der Waals surface area contributed by atoms with E-state index in [2.05, 4.69) is 0 Å². The standard InChI is InChI=1S/C12H14NO2/c1-13-8-7-10(12(14)15-2)9-5-3-4-6-11(9)13/h3-8,12,14H,1-2H3/q+1/t12-/m0/s1. The molecule has 1 atom stereocenters. The Bertz CT molecular complexity index is 482. The lowest BCUT2D eigenvalue weighted by atomic mass is 10.1. The maximum Gasteiger partial charge on any atom is 0.212 e. The van der Waals surface area contributed by atoms with E-state index in [0.717, 1.165) is 16.5 Å². The molecule has 1 aromatic carbocycles. The summed E-state index contributed by atoms with van der Waals surface area (Å²) in [6.45, 7) is 0. The zero-order valence-corrected chi connectivity index (χ0v) is 8.84. The second-order valence-corrected chi connectivity index (χ2v) is 3.49.